The zero-order chi connectivity index (χ0) is 14.3. The minimum Gasteiger partial charge on any atom is -0.399 e. The molecule has 19 heavy (non-hydrogen) atoms. The minimum atomic E-state index is -0.248. The standard InChI is InChI=1S/C16H25N3/c1-4-9-19(10-8-16(2,3)13-17)12-14-6-5-7-15(18)11-14/h5-7,11H,4,8-10,12,18H2,1-3H3. The van der Waals surface area contributed by atoms with Gasteiger partial charge in [0.2, 0.25) is 0 Å². The predicted molar refractivity (Wildman–Crippen MR) is 80.4 cm³/mol. The summed E-state index contributed by atoms with van der Waals surface area (Å²) < 4.78 is 0. The molecular formula is C16H25N3. The van der Waals surface area contributed by atoms with E-state index in [2.05, 4.69) is 24.0 Å². The van der Waals surface area contributed by atoms with Crippen molar-refractivity contribution in [2.45, 2.75) is 40.2 Å². The van der Waals surface area contributed by atoms with Crippen LogP contribution in [0.5, 0.6) is 0 Å². The lowest BCUT2D eigenvalue weighted by atomic mass is 9.91. The Morgan fingerprint density at radius 1 is 1.32 bits per heavy atom. The fourth-order valence-electron chi connectivity index (χ4n) is 2.03. The van der Waals surface area contributed by atoms with Crippen LogP contribution in [0.15, 0.2) is 24.3 Å². The highest BCUT2D eigenvalue weighted by Gasteiger charge is 2.18. The molecule has 1 rings (SSSR count). The summed E-state index contributed by atoms with van der Waals surface area (Å²) in [6.07, 6.45) is 2.01. The zero-order valence-corrected chi connectivity index (χ0v) is 12.3. The third-order valence-corrected chi connectivity index (χ3v) is 3.25. The first-order valence-electron chi connectivity index (χ1n) is 6.95. The first kappa shape index (κ1) is 15.5. The van der Waals surface area contributed by atoms with Gasteiger partial charge in [-0.2, -0.15) is 5.26 Å². The summed E-state index contributed by atoms with van der Waals surface area (Å²) in [6.45, 7) is 9.08. The van der Waals surface area contributed by atoms with Gasteiger partial charge < -0.3 is 5.73 Å². The second kappa shape index (κ2) is 7.16. The van der Waals surface area contributed by atoms with Gasteiger partial charge in [-0.05, 0) is 57.5 Å². The molecule has 0 aromatic heterocycles. The molecule has 1 aromatic rings. The molecule has 3 heteroatoms. The Morgan fingerprint density at radius 3 is 2.63 bits per heavy atom. The normalized spacial score (nSPS) is 11.5. The van der Waals surface area contributed by atoms with Crippen LogP contribution >= 0.6 is 0 Å². The SMILES string of the molecule is CCCN(CCC(C)(C)C#N)Cc1cccc(N)c1. The highest BCUT2D eigenvalue weighted by molar-refractivity contribution is 5.40. The van der Waals surface area contributed by atoms with Crippen LogP contribution in [0, 0.1) is 16.7 Å². The molecule has 0 saturated heterocycles. The van der Waals surface area contributed by atoms with Crippen molar-refractivity contribution in [3.8, 4) is 6.07 Å². The van der Waals surface area contributed by atoms with Gasteiger partial charge in [0.1, 0.15) is 0 Å². The quantitative estimate of drug-likeness (QED) is 0.763. The van der Waals surface area contributed by atoms with E-state index in [0.29, 0.717) is 0 Å². The summed E-state index contributed by atoms with van der Waals surface area (Å²) in [5.41, 5.74) is 7.61. The molecule has 0 amide bonds. The Labute approximate surface area is 117 Å². The van der Waals surface area contributed by atoms with Crippen LogP contribution in [0.2, 0.25) is 0 Å². The van der Waals surface area contributed by atoms with Crippen LogP contribution < -0.4 is 5.73 Å². The van der Waals surface area contributed by atoms with E-state index in [1.165, 1.54) is 5.56 Å². The first-order valence-corrected chi connectivity index (χ1v) is 6.95. The van der Waals surface area contributed by atoms with E-state index in [-0.39, 0.29) is 5.41 Å². The van der Waals surface area contributed by atoms with Crippen LogP contribution in [0.4, 0.5) is 5.69 Å². The van der Waals surface area contributed by atoms with Crippen molar-refractivity contribution in [2.24, 2.45) is 5.41 Å². The minimum absolute atomic E-state index is 0.248. The molecule has 0 bridgehead atoms. The molecule has 0 atom stereocenters. The molecule has 104 valence electrons. The largest absolute Gasteiger partial charge is 0.399 e. The second-order valence-corrected chi connectivity index (χ2v) is 5.77. The summed E-state index contributed by atoms with van der Waals surface area (Å²) in [4.78, 5) is 2.40. The second-order valence-electron chi connectivity index (χ2n) is 5.77. The Morgan fingerprint density at radius 2 is 2.05 bits per heavy atom. The lowest BCUT2D eigenvalue weighted by molar-refractivity contribution is 0.235. The van der Waals surface area contributed by atoms with E-state index >= 15 is 0 Å². The number of nitrogens with two attached hydrogens (primary N) is 1. The molecule has 0 heterocycles. The Kier molecular flexibility index (Phi) is 5.85. The van der Waals surface area contributed by atoms with Crippen molar-refractivity contribution in [2.75, 3.05) is 18.8 Å². The molecule has 0 radical (unpaired) electrons. The number of nitrogen functional groups attached to an aromatic ring is 1. The highest BCUT2D eigenvalue weighted by atomic mass is 15.1. The number of rotatable bonds is 7. The number of hydrogen-bond acceptors (Lipinski definition) is 3. The molecule has 0 unspecified atom stereocenters. The lowest BCUT2D eigenvalue weighted by Crippen LogP contribution is -2.28. The molecule has 0 saturated carbocycles. The highest BCUT2D eigenvalue weighted by Crippen LogP contribution is 2.20. The Bertz CT molecular complexity index is 432. The molecular weight excluding hydrogens is 234 g/mol. The van der Waals surface area contributed by atoms with E-state index in [1.54, 1.807) is 0 Å². The molecule has 0 aliphatic carbocycles. The van der Waals surface area contributed by atoms with E-state index in [0.717, 1.165) is 38.2 Å². The average molecular weight is 259 g/mol. The smallest absolute Gasteiger partial charge is 0.0684 e. The van der Waals surface area contributed by atoms with Crippen molar-refractivity contribution in [3.05, 3.63) is 29.8 Å². The molecule has 0 aliphatic heterocycles. The molecule has 3 nitrogen and oxygen atoms in total. The number of nitrogens with zero attached hydrogens (tertiary/aromatic N) is 2. The fraction of sp³-hybridized carbons (Fsp3) is 0.562. The molecule has 0 fully saturated rings. The summed E-state index contributed by atoms with van der Waals surface area (Å²) in [7, 11) is 0. The predicted octanol–water partition coefficient (Wildman–Crippen LogP) is 3.42. The molecule has 2 N–H and O–H groups in total. The average Bonchev–Trinajstić information content (AvgIpc) is 2.36. The van der Waals surface area contributed by atoms with Gasteiger partial charge in [-0.25, -0.2) is 0 Å². The van der Waals surface area contributed by atoms with Crippen molar-refractivity contribution in [3.63, 3.8) is 0 Å². The van der Waals surface area contributed by atoms with Gasteiger partial charge in [0.25, 0.3) is 0 Å². The van der Waals surface area contributed by atoms with Crippen LogP contribution in [-0.2, 0) is 6.54 Å². The number of anilines is 1. The van der Waals surface area contributed by atoms with Crippen molar-refractivity contribution in [1.29, 1.82) is 5.26 Å². The van der Waals surface area contributed by atoms with Crippen molar-refractivity contribution < 1.29 is 0 Å². The molecule has 1 aromatic carbocycles. The van der Waals surface area contributed by atoms with Crippen molar-refractivity contribution in [1.82, 2.24) is 4.90 Å². The summed E-state index contributed by atoms with van der Waals surface area (Å²) in [5, 5.41) is 9.08. The third kappa shape index (κ3) is 5.76. The van der Waals surface area contributed by atoms with Crippen molar-refractivity contribution >= 4 is 5.69 Å². The molecule has 0 spiro atoms. The fourth-order valence-corrected chi connectivity index (χ4v) is 2.03. The van der Waals surface area contributed by atoms with Gasteiger partial charge in [-0.3, -0.25) is 4.90 Å². The molecule has 0 aliphatic rings. The van der Waals surface area contributed by atoms with Gasteiger partial charge in [0, 0.05) is 12.2 Å². The van der Waals surface area contributed by atoms with Gasteiger partial charge in [-0.15, -0.1) is 0 Å². The summed E-state index contributed by atoms with van der Waals surface area (Å²) >= 11 is 0. The van der Waals surface area contributed by atoms with Crippen LogP contribution in [0.3, 0.4) is 0 Å². The van der Waals surface area contributed by atoms with Gasteiger partial charge >= 0.3 is 0 Å². The third-order valence-electron chi connectivity index (χ3n) is 3.25. The van der Waals surface area contributed by atoms with Gasteiger partial charge in [0.15, 0.2) is 0 Å². The maximum atomic E-state index is 9.08. The first-order chi connectivity index (χ1) is 8.96. The maximum absolute atomic E-state index is 9.08. The monoisotopic (exact) mass is 259 g/mol. The number of benzene rings is 1. The van der Waals surface area contributed by atoms with Gasteiger partial charge in [-0.1, -0.05) is 19.1 Å². The zero-order valence-electron chi connectivity index (χ0n) is 12.3. The van der Waals surface area contributed by atoms with Gasteiger partial charge in [0.05, 0.1) is 11.5 Å². The number of nitriles is 1. The van der Waals surface area contributed by atoms with E-state index in [4.69, 9.17) is 11.0 Å². The topological polar surface area (TPSA) is 53.0 Å². The lowest BCUT2D eigenvalue weighted by Gasteiger charge is -2.25. The van der Waals surface area contributed by atoms with Crippen LogP contribution in [0.1, 0.15) is 39.2 Å². The van der Waals surface area contributed by atoms with Crippen LogP contribution in [-0.4, -0.2) is 18.0 Å². The maximum Gasteiger partial charge on any atom is 0.0684 e. The Balaban J connectivity index is 2.60. The summed E-state index contributed by atoms with van der Waals surface area (Å²) in [6, 6.07) is 10.4. The van der Waals surface area contributed by atoms with E-state index < -0.39 is 0 Å². The van der Waals surface area contributed by atoms with E-state index in [1.807, 2.05) is 32.0 Å². The van der Waals surface area contributed by atoms with Crippen LogP contribution in [0.25, 0.3) is 0 Å². The summed E-state index contributed by atoms with van der Waals surface area (Å²) in [5.74, 6) is 0. The Hall–Kier alpha value is -1.53. The number of hydrogen-bond donors (Lipinski definition) is 1. The van der Waals surface area contributed by atoms with E-state index in [9.17, 15) is 0 Å².